The Kier molecular flexibility index (Phi) is 6.48. The molecule has 1 amide bonds. The first kappa shape index (κ1) is 14.7. The van der Waals surface area contributed by atoms with Crippen LogP contribution in [0.2, 0.25) is 0 Å². The molecular formula is C16H25NO. The summed E-state index contributed by atoms with van der Waals surface area (Å²) < 4.78 is 0. The number of carbonyl (C=O) groups excluding carboxylic acids is 1. The van der Waals surface area contributed by atoms with Crippen LogP contribution in [0.25, 0.3) is 0 Å². The summed E-state index contributed by atoms with van der Waals surface area (Å²) in [6.45, 7) is 7.20. The Morgan fingerprint density at radius 3 is 2.72 bits per heavy atom. The summed E-state index contributed by atoms with van der Waals surface area (Å²) in [7, 11) is 0. The van der Waals surface area contributed by atoms with Crippen LogP contribution >= 0.6 is 0 Å². The smallest absolute Gasteiger partial charge is 0.251 e. The molecule has 0 fully saturated rings. The lowest BCUT2D eigenvalue weighted by Gasteiger charge is -2.15. The number of carbonyl (C=O) groups is 1. The van der Waals surface area contributed by atoms with E-state index in [1.807, 2.05) is 31.2 Å². The van der Waals surface area contributed by atoms with Crippen molar-refractivity contribution >= 4 is 5.91 Å². The highest BCUT2D eigenvalue weighted by Crippen LogP contribution is 2.11. The predicted molar refractivity (Wildman–Crippen MR) is 76.8 cm³/mol. The van der Waals surface area contributed by atoms with Gasteiger partial charge in [-0.3, -0.25) is 4.79 Å². The summed E-state index contributed by atoms with van der Waals surface area (Å²) in [5, 5.41) is 3.05. The first-order valence-corrected chi connectivity index (χ1v) is 7.02. The van der Waals surface area contributed by atoms with Crippen LogP contribution in [0.5, 0.6) is 0 Å². The van der Waals surface area contributed by atoms with Crippen molar-refractivity contribution in [3.63, 3.8) is 0 Å². The Hall–Kier alpha value is -1.31. The molecule has 0 saturated carbocycles. The van der Waals surface area contributed by atoms with Crippen LogP contribution in [0, 0.1) is 12.8 Å². The number of unbranched alkanes of at least 4 members (excludes halogenated alkanes) is 1. The standard InChI is InChI=1S/C16H25NO/c1-4-6-9-14(5-2)12-17-16(18)15-10-7-8-13(3)11-15/h7-8,10-11,14H,4-6,9,12H2,1-3H3,(H,17,18). The van der Waals surface area contributed by atoms with E-state index >= 15 is 0 Å². The third kappa shape index (κ3) is 4.91. The normalized spacial score (nSPS) is 12.2. The molecule has 0 bridgehead atoms. The summed E-state index contributed by atoms with van der Waals surface area (Å²) in [5.74, 6) is 0.660. The van der Waals surface area contributed by atoms with Crippen LogP contribution in [0.3, 0.4) is 0 Å². The first-order valence-electron chi connectivity index (χ1n) is 7.02. The van der Waals surface area contributed by atoms with E-state index in [-0.39, 0.29) is 5.91 Å². The van der Waals surface area contributed by atoms with E-state index in [1.165, 1.54) is 19.3 Å². The van der Waals surface area contributed by atoms with Gasteiger partial charge in [-0.25, -0.2) is 0 Å². The Morgan fingerprint density at radius 2 is 2.11 bits per heavy atom. The Labute approximate surface area is 111 Å². The number of aryl methyl sites for hydroxylation is 1. The van der Waals surface area contributed by atoms with E-state index in [9.17, 15) is 4.79 Å². The number of rotatable bonds is 7. The van der Waals surface area contributed by atoms with Crippen molar-refractivity contribution in [1.82, 2.24) is 5.32 Å². The molecule has 1 rings (SSSR count). The van der Waals surface area contributed by atoms with Crippen molar-refractivity contribution in [3.8, 4) is 0 Å². The van der Waals surface area contributed by atoms with Gasteiger partial charge in [0.2, 0.25) is 0 Å². The molecule has 1 atom stereocenters. The minimum Gasteiger partial charge on any atom is -0.352 e. The largest absolute Gasteiger partial charge is 0.352 e. The average Bonchev–Trinajstić information content (AvgIpc) is 2.38. The maximum atomic E-state index is 12.0. The highest BCUT2D eigenvalue weighted by atomic mass is 16.1. The summed E-state index contributed by atoms with van der Waals surface area (Å²) >= 11 is 0. The lowest BCUT2D eigenvalue weighted by Crippen LogP contribution is -2.29. The van der Waals surface area contributed by atoms with Crippen molar-refractivity contribution in [3.05, 3.63) is 35.4 Å². The third-order valence-corrected chi connectivity index (χ3v) is 3.37. The summed E-state index contributed by atoms with van der Waals surface area (Å²) in [6.07, 6.45) is 4.82. The molecule has 0 aromatic heterocycles. The molecule has 0 heterocycles. The van der Waals surface area contributed by atoms with Gasteiger partial charge in [-0.2, -0.15) is 0 Å². The summed E-state index contributed by atoms with van der Waals surface area (Å²) in [4.78, 5) is 12.0. The van der Waals surface area contributed by atoms with Crippen molar-refractivity contribution in [1.29, 1.82) is 0 Å². The number of hydrogen-bond donors (Lipinski definition) is 1. The van der Waals surface area contributed by atoms with Gasteiger partial charge in [-0.1, -0.05) is 50.8 Å². The zero-order valence-electron chi connectivity index (χ0n) is 11.8. The lowest BCUT2D eigenvalue weighted by atomic mass is 9.99. The van der Waals surface area contributed by atoms with Gasteiger partial charge in [0.15, 0.2) is 0 Å². The van der Waals surface area contributed by atoms with Gasteiger partial charge in [0.1, 0.15) is 0 Å². The average molecular weight is 247 g/mol. The fourth-order valence-electron chi connectivity index (χ4n) is 2.07. The van der Waals surface area contributed by atoms with Crippen molar-refractivity contribution < 1.29 is 4.79 Å². The minimum atomic E-state index is 0.0497. The molecule has 0 aliphatic carbocycles. The van der Waals surface area contributed by atoms with Crippen LogP contribution in [-0.4, -0.2) is 12.5 Å². The summed E-state index contributed by atoms with van der Waals surface area (Å²) in [5.41, 5.74) is 1.89. The maximum absolute atomic E-state index is 12.0. The molecule has 0 aliphatic heterocycles. The molecule has 1 aromatic carbocycles. The molecule has 0 spiro atoms. The molecule has 2 nitrogen and oxygen atoms in total. The van der Waals surface area contributed by atoms with E-state index in [1.54, 1.807) is 0 Å². The maximum Gasteiger partial charge on any atom is 0.251 e. The van der Waals surface area contributed by atoms with Crippen LogP contribution < -0.4 is 5.32 Å². The number of hydrogen-bond acceptors (Lipinski definition) is 1. The zero-order chi connectivity index (χ0) is 13.4. The topological polar surface area (TPSA) is 29.1 Å². The molecule has 0 radical (unpaired) electrons. The summed E-state index contributed by atoms with van der Waals surface area (Å²) in [6, 6.07) is 7.74. The van der Waals surface area contributed by atoms with E-state index < -0.39 is 0 Å². The van der Waals surface area contributed by atoms with Gasteiger partial charge >= 0.3 is 0 Å². The highest BCUT2D eigenvalue weighted by molar-refractivity contribution is 5.94. The fourth-order valence-corrected chi connectivity index (χ4v) is 2.07. The van der Waals surface area contributed by atoms with Crippen LogP contribution in [0.4, 0.5) is 0 Å². The minimum absolute atomic E-state index is 0.0497. The van der Waals surface area contributed by atoms with Crippen LogP contribution in [-0.2, 0) is 0 Å². The number of amides is 1. The van der Waals surface area contributed by atoms with Crippen molar-refractivity contribution in [2.24, 2.45) is 5.92 Å². The molecule has 1 aromatic rings. The number of benzene rings is 1. The SMILES string of the molecule is CCCCC(CC)CNC(=O)c1cccc(C)c1. The monoisotopic (exact) mass is 247 g/mol. The number of nitrogens with one attached hydrogen (secondary N) is 1. The molecule has 18 heavy (non-hydrogen) atoms. The third-order valence-electron chi connectivity index (χ3n) is 3.37. The zero-order valence-corrected chi connectivity index (χ0v) is 11.8. The molecule has 0 aliphatic rings. The van der Waals surface area contributed by atoms with E-state index in [4.69, 9.17) is 0 Å². The van der Waals surface area contributed by atoms with Gasteiger partial charge in [0, 0.05) is 12.1 Å². The Bertz CT molecular complexity index is 373. The second kappa shape index (κ2) is 7.91. The van der Waals surface area contributed by atoms with Gasteiger partial charge in [-0.15, -0.1) is 0 Å². The van der Waals surface area contributed by atoms with Gasteiger partial charge in [0.25, 0.3) is 5.91 Å². The lowest BCUT2D eigenvalue weighted by molar-refractivity contribution is 0.0945. The van der Waals surface area contributed by atoms with Crippen LogP contribution in [0.15, 0.2) is 24.3 Å². The highest BCUT2D eigenvalue weighted by Gasteiger charge is 2.09. The molecular weight excluding hydrogens is 222 g/mol. The Balaban J connectivity index is 2.44. The van der Waals surface area contributed by atoms with Crippen molar-refractivity contribution in [2.45, 2.75) is 46.5 Å². The molecule has 0 saturated heterocycles. The molecule has 100 valence electrons. The molecule has 1 unspecified atom stereocenters. The van der Waals surface area contributed by atoms with Gasteiger partial charge < -0.3 is 5.32 Å². The van der Waals surface area contributed by atoms with Gasteiger partial charge in [0.05, 0.1) is 0 Å². The first-order chi connectivity index (χ1) is 8.67. The molecule has 2 heteroatoms. The predicted octanol–water partition coefficient (Wildman–Crippen LogP) is 3.94. The second-order valence-electron chi connectivity index (χ2n) is 5.00. The van der Waals surface area contributed by atoms with Crippen LogP contribution in [0.1, 0.15) is 55.5 Å². The second-order valence-corrected chi connectivity index (χ2v) is 5.00. The Morgan fingerprint density at radius 1 is 1.33 bits per heavy atom. The fraction of sp³-hybridized carbons (Fsp3) is 0.562. The quantitative estimate of drug-likeness (QED) is 0.777. The molecule has 1 N–H and O–H groups in total. The van der Waals surface area contributed by atoms with Gasteiger partial charge in [-0.05, 0) is 31.4 Å². The van der Waals surface area contributed by atoms with E-state index in [0.717, 1.165) is 24.1 Å². The van der Waals surface area contributed by atoms with Crippen molar-refractivity contribution in [2.75, 3.05) is 6.54 Å². The van der Waals surface area contributed by atoms with E-state index in [2.05, 4.69) is 19.2 Å². The van der Waals surface area contributed by atoms with E-state index in [0.29, 0.717) is 5.92 Å².